The molecule has 2 N–H and O–H groups in total. The number of ether oxygens (including phenoxy) is 1. The van der Waals surface area contributed by atoms with E-state index in [2.05, 4.69) is 45.9 Å². The molecular weight excluding hydrogens is 374 g/mol. The van der Waals surface area contributed by atoms with Crippen LogP contribution in [-0.4, -0.2) is 43.2 Å². The van der Waals surface area contributed by atoms with Crippen molar-refractivity contribution in [2.45, 2.75) is 57.2 Å². The van der Waals surface area contributed by atoms with Gasteiger partial charge in [-0.15, -0.1) is 0 Å². The zero-order valence-electron chi connectivity index (χ0n) is 17.9. The lowest BCUT2D eigenvalue weighted by molar-refractivity contribution is 0.185. The summed E-state index contributed by atoms with van der Waals surface area (Å²) in [6.07, 6.45) is 6.73. The number of piperidine rings is 1. The fourth-order valence-corrected chi connectivity index (χ4v) is 4.70. The van der Waals surface area contributed by atoms with Crippen LogP contribution in [0.2, 0.25) is 0 Å². The highest BCUT2D eigenvalue weighted by Gasteiger charge is 2.23. The first-order chi connectivity index (χ1) is 14.7. The molecule has 2 fully saturated rings. The van der Waals surface area contributed by atoms with Gasteiger partial charge in [0.25, 0.3) is 0 Å². The molecule has 1 saturated heterocycles. The number of amides is 2. The maximum absolute atomic E-state index is 12.2. The highest BCUT2D eigenvalue weighted by Crippen LogP contribution is 2.30. The predicted molar refractivity (Wildman–Crippen MR) is 121 cm³/mol. The third-order valence-electron chi connectivity index (χ3n) is 6.36. The number of methoxy groups -OCH3 is 1. The zero-order chi connectivity index (χ0) is 20.8. The maximum atomic E-state index is 12.2. The van der Waals surface area contributed by atoms with Crippen molar-refractivity contribution in [1.29, 1.82) is 0 Å². The minimum Gasteiger partial charge on any atom is -0.496 e. The molecule has 0 atom stereocenters. The van der Waals surface area contributed by atoms with Crippen molar-refractivity contribution in [3.05, 3.63) is 54.1 Å². The molecule has 5 nitrogen and oxygen atoms in total. The van der Waals surface area contributed by atoms with E-state index in [1.54, 1.807) is 7.11 Å². The van der Waals surface area contributed by atoms with E-state index in [1.165, 1.54) is 24.0 Å². The molecule has 4 rings (SSSR count). The number of hydrogen-bond acceptors (Lipinski definition) is 3. The molecule has 2 aromatic carbocycles. The van der Waals surface area contributed by atoms with Gasteiger partial charge in [0.05, 0.1) is 7.11 Å². The van der Waals surface area contributed by atoms with Gasteiger partial charge in [-0.2, -0.15) is 0 Å². The van der Waals surface area contributed by atoms with Crippen LogP contribution in [0, 0.1) is 0 Å². The number of rotatable bonds is 6. The van der Waals surface area contributed by atoms with Gasteiger partial charge < -0.3 is 15.4 Å². The monoisotopic (exact) mass is 407 g/mol. The molecule has 1 aliphatic carbocycles. The van der Waals surface area contributed by atoms with E-state index >= 15 is 0 Å². The van der Waals surface area contributed by atoms with Crippen LogP contribution in [0.3, 0.4) is 0 Å². The Kier molecular flexibility index (Phi) is 6.90. The summed E-state index contributed by atoms with van der Waals surface area (Å²) in [5.74, 6) is 0.900. The van der Waals surface area contributed by atoms with Gasteiger partial charge in [0.2, 0.25) is 0 Å². The second-order valence-corrected chi connectivity index (χ2v) is 8.55. The number of carbonyl (C=O) groups is 1. The van der Waals surface area contributed by atoms with Gasteiger partial charge in [-0.3, -0.25) is 4.90 Å². The normalized spacial score (nSPS) is 18.3. The topological polar surface area (TPSA) is 53.6 Å². The lowest BCUT2D eigenvalue weighted by atomic mass is 10.0. The summed E-state index contributed by atoms with van der Waals surface area (Å²) >= 11 is 0. The second kappa shape index (κ2) is 9.98. The molecule has 1 saturated carbocycles. The third kappa shape index (κ3) is 5.33. The summed E-state index contributed by atoms with van der Waals surface area (Å²) in [6.45, 7) is 2.95. The number of urea groups is 1. The number of likely N-dealkylation sites (tertiary alicyclic amines) is 1. The number of nitrogens with one attached hydrogen (secondary N) is 2. The molecule has 0 aromatic heterocycles. The molecule has 1 heterocycles. The Hall–Kier alpha value is -2.53. The number of nitrogens with zero attached hydrogens (tertiary/aromatic N) is 1. The van der Waals surface area contributed by atoms with Crippen LogP contribution in [0.15, 0.2) is 48.5 Å². The van der Waals surface area contributed by atoms with Crippen molar-refractivity contribution in [3.8, 4) is 16.9 Å². The van der Waals surface area contributed by atoms with Crippen molar-refractivity contribution in [2.24, 2.45) is 0 Å². The Bertz CT molecular complexity index is 840. The highest BCUT2D eigenvalue weighted by molar-refractivity contribution is 5.74. The first kappa shape index (κ1) is 20.7. The van der Waals surface area contributed by atoms with E-state index in [1.807, 2.05) is 18.2 Å². The minimum absolute atomic E-state index is 0.0184. The summed E-state index contributed by atoms with van der Waals surface area (Å²) in [7, 11) is 1.72. The standard InChI is InChI=1S/C25H33N3O2/c1-30-24-12-5-4-11-23(24)20-8-6-7-19(17-20)18-28-15-13-22(14-16-28)27-25(29)26-21-9-2-3-10-21/h4-8,11-12,17,21-22H,2-3,9-10,13-16,18H2,1H3,(H2,26,27,29). The summed E-state index contributed by atoms with van der Waals surface area (Å²) in [6, 6.07) is 17.5. The van der Waals surface area contributed by atoms with Gasteiger partial charge in [0, 0.05) is 37.3 Å². The van der Waals surface area contributed by atoms with Crippen molar-refractivity contribution >= 4 is 6.03 Å². The quantitative estimate of drug-likeness (QED) is 0.738. The Balaban J connectivity index is 1.28. The van der Waals surface area contributed by atoms with E-state index in [0.29, 0.717) is 6.04 Å². The van der Waals surface area contributed by atoms with Crippen molar-refractivity contribution in [3.63, 3.8) is 0 Å². The molecule has 1 aliphatic heterocycles. The average Bonchev–Trinajstić information content (AvgIpc) is 3.28. The molecule has 2 amide bonds. The molecular formula is C25H33N3O2. The summed E-state index contributed by atoms with van der Waals surface area (Å²) < 4.78 is 5.52. The number of hydrogen-bond donors (Lipinski definition) is 2. The predicted octanol–water partition coefficient (Wildman–Crippen LogP) is 4.57. The van der Waals surface area contributed by atoms with Gasteiger partial charge in [-0.1, -0.05) is 49.2 Å². The highest BCUT2D eigenvalue weighted by atomic mass is 16.5. The lowest BCUT2D eigenvalue weighted by Gasteiger charge is -2.32. The SMILES string of the molecule is COc1ccccc1-c1cccc(CN2CCC(NC(=O)NC3CCCC3)CC2)c1. The average molecular weight is 408 g/mol. The molecule has 160 valence electrons. The van der Waals surface area contributed by atoms with Crippen LogP contribution < -0.4 is 15.4 Å². The van der Waals surface area contributed by atoms with Crippen molar-refractivity contribution < 1.29 is 9.53 Å². The van der Waals surface area contributed by atoms with Gasteiger partial charge in [0.15, 0.2) is 0 Å². The minimum atomic E-state index is 0.0184. The van der Waals surface area contributed by atoms with Gasteiger partial charge in [0.1, 0.15) is 5.75 Å². The smallest absolute Gasteiger partial charge is 0.315 e. The molecule has 0 spiro atoms. The molecule has 5 heteroatoms. The van der Waals surface area contributed by atoms with Crippen molar-refractivity contribution in [1.82, 2.24) is 15.5 Å². The van der Waals surface area contributed by atoms with Crippen LogP contribution in [0.5, 0.6) is 5.75 Å². The molecule has 2 aliphatic rings. The van der Waals surface area contributed by atoms with Crippen LogP contribution in [0.4, 0.5) is 4.79 Å². The summed E-state index contributed by atoms with van der Waals surface area (Å²) in [4.78, 5) is 14.7. The zero-order valence-corrected chi connectivity index (χ0v) is 17.9. The molecule has 30 heavy (non-hydrogen) atoms. The fraction of sp³-hybridized carbons (Fsp3) is 0.480. The molecule has 2 aromatic rings. The Morgan fingerprint density at radius 3 is 2.40 bits per heavy atom. The maximum Gasteiger partial charge on any atom is 0.315 e. The van der Waals surface area contributed by atoms with Gasteiger partial charge in [-0.05, 0) is 48.9 Å². The second-order valence-electron chi connectivity index (χ2n) is 8.55. The van der Waals surface area contributed by atoms with E-state index in [0.717, 1.165) is 56.6 Å². The van der Waals surface area contributed by atoms with Crippen LogP contribution in [0.25, 0.3) is 11.1 Å². The summed E-state index contributed by atoms with van der Waals surface area (Å²) in [5, 5.41) is 6.32. The van der Waals surface area contributed by atoms with Gasteiger partial charge >= 0.3 is 6.03 Å². The molecule has 0 bridgehead atoms. The van der Waals surface area contributed by atoms with Crippen molar-refractivity contribution in [2.75, 3.05) is 20.2 Å². The van der Waals surface area contributed by atoms with E-state index in [-0.39, 0.29) is 12.1 Å². The van der Waals surface area contributed by atoms with E-state index < -0.39 is 0 Å². The molecule has 0 unspecified atom stereocenters. The Morgan fingerprint density at radius 2 is 1.67 bits per heavy atom. The molecule has 0 radical (unpaired) electrons. The van der Waals surface area contributed by atoms with E-state index in [4.69, 9.17) is 4.74 Å². The largest absolute Gasteiger partial charge is 0.496 e. The van der Waals surface area contributed by atoms with Crippen LogP contribution >= 0.6 is 0 Å². The summed E-state index contributed by atoms with van der Waals surface area (Å²) in [5.41, 5.74) is 3.62. The first-order valence-corrected chi connectivity index (χ1v) is 11.2. The Labute approximate surface area is 179 Å². The fourth-order valence-electron chi connectivity index (χ4n) is 4.70. The third-order valence-corrected chi connectivity index (χ3v) is 6.36. The number of carbonyl (C=O) groups excluding carboxylic acids is 1. The number of para-hydroxylation sites is 1. The van der Waals surface area contributed by atoms with Crippen LogP contribution in [0.1, 0.15) is 44.1 Å². The lowest BCUT2D eigenvalue weighted by Crippen LogP contribution is -2.49. The number of benzene rings is 2. The van der Waals surface area contributed by atoms with Gasteiger partial charge in [-0.25, -0.2) is 4.79 Å². The van der Waals surface area contributed by atoms with E-state index in [9.17, 15) is 4.79 Å². The Morgan fingerprint density at radius 1 is 0.967 bits per heavy atom. The first-order valence-electron chi connectivity index (χ1n) is 11.2. The van der Waals surface area contributed by atoms with Crippen LogP contribution in [-0.2, 0) is 6.54 Å².